The van der Waals surface area contributed by atoms with Crippen molar-refractivity contribution in [1.29, 1.82) is 0 Å². The van der Waals surface area contributed by atoms with Gasteiger partial charge in [-0.2, -0.15) is 0 Å². The number of fused-ring (bicyclic) bond motifs is 1. The van der Waals surface area contributed by atoms with Gasteiger partial charge in [0.2, 0.25) is 0 Å². The van der Waals surface area contributed by atoms with Crippen molar-refractivity contribution in [2.45, 2.75) is 26.3 Å². The number of methoxy groups -OCH3 is 1. The molecular formula is C22H30IN3O3. The number of rotatable bonds is 8. The molecule has 29 heavy (non-hydrogen) atoms. The largest absolute Gasteiger partial charge is 0.493 e. The Hall–Kier alpha value is -2.16. The maximum Gasteiger partial charge on any atom is 0.191 e. The van der Waals surface area contributed by atoms with Gasteiger partial charge in [-0.05, 0) is 48.2 Å². The van der Waals surface area contributed by atoms with Crippen LogP contribution in [-0.4, -0.2) is 39.9 Å². The molecule has 0 atom stereocenters. The normalized spacial score (nSPS) is 12.4. The molecule has 0 amide bonds. The Kier molecular flexibility index (Phi) is 9.37. The third kappa shape index (κ3) is 6.42. The molecule has 0 aliphatic carbocycles. The highest BCUT2D eigenvalue weighted by Crippen LogP contribution is 2.28. The lowest BCUT2D eigenvalue weighted by atomic mass is 10.1. The molecule has 2 aromatic carbocycles. The van der Waals surface area contributed by atoms with Crippen molar-refractivity contribution in [3.8, 4) is 17.2 Å². The molecule has 7 heteroatoms. The maximum absolute atomic E-state index is 5.64. The Morgan fingerprint density at radius 3 is 2.69 bits per heavy atom. The van der Waals surface area contributed by atoms with Crippen molar-refractivity contribution in [1.82, 2.24) is 10.6 Å². The minimum Gasteiger partial charge on any atom is -0.493 e. The van der Waals surface area contributed by atoms with Crippen LogP contribution in [0.3, 0.4) is 0 Å². The number of benzene rings is 2. The summed E-state index contributed by atoms with van der Waals surface area (Å²) in [7, 11) is 3.43. The monoisotopic (exact) mass is 511 g/mol. The van der Waals surface area contributed by atoms with Crippen LogP contribution in [0.25, 0.3) is 0 Å². The molecule has 6 nitrogen and oxygen atoms in total. The number of hydrogen-bond acceptors (Lipinski definition) is 4. The molecule has 1 heterocycles. The second-order valence-corrected chi connectivity index (χ2v) is 6.56. The van der Waals surface area contributed by atoms with Crippen LogP contribution < -0.4 is 24.8 Å². The first-order valence-corrected chi connectivity index (χ1v) is 9.72. The third-order valence-electron chi connectivity index (χ3n) is 4.67. The van der Waals surface area contributed by atoms with Gasteiger partial charge in [-0.3, -0.25) is 4.99 Å². The van der Waals surface area contributed by atoms with Gasteiger partial charge in [0, 0.05) is 26.6 Å². The van der Waals surface area contributed by atoms with Crippen LogP contribution in [-0.2, 0) is 19.4 Å². The Morgan fingerprint density at radius 1 is 1.10 bits per heavy atom. The van der Waals surface area contributed by atoms with Crippen molar-refractivity contribution in [2.75, 3.05) is 33.9 Å². The predicted molar refractivity (Wildman–Crippen MR) is 127 cm³/mol. The van der Waals surface area contributed by atoms with Gasteiger partial charge in [0.25, 0.3) is 0 Å². The van der Waals surface area contributed by atoms with E-state index in [1.165, 1.54) is 11.1 Å². The van der Waals surface area contributed by atoms with Gasteiger partial charge < -0.3 is 24.8 Å². The summed E-state index contributed by atoms with van der Waals surface area (Å²) in [6.45, 7) is 4.82. The minimum absolute atomic E-state index is 0. The summed E-state index contributed by atoms with van der Waals surface area (Å²) >= 11 is 0. The lowest BCUT2D eigenvalue weighted by molar-refractivity contribution is 0.310. The highest BCUT2D eigenvalue weighted by molar-refractivity contribution is 14.0. The van der Waals surface area contributed by atoms with E-state index in [4.69, 9.17) is 14.2 Å². The summed E-state index contributed by atoms with van der Waals surface area (Å²) in [6.07, 6.45) is 1.94. The Balaban J connectivity index is 0.00000300. The van der Waals surface area contributed by atoms with E-state index in [9.17, 15) is 0 Å². The smallest absolute Gasteiger partial charge is 0.191 e. The predicted octanol–water partition coefficient (Wildman–Crippen LogP) is 3.55. The highest BCUT2D eigenvalue weighted by Gasteiger charge is 2.12. The van der Waals surface area contributed by atoms with Gasteiger partial charge in [0.05, 0.1) is 20.3 Å². The fourth-order valence-corrected chi connectivity index (χ4v) is 3.23. The van der Waals surface area contributed by atoms with Crippen LogP contribution in [0.15, 0.2) is 41.4 Å². The van der Waals surface area contributed by atoms with Gasteiger partial charge in [-0.15, -0.1) is 24.0 Å². The molecule has 0 fully saturated rings. The Labute approximate surface area is 190 Å². The van der Waals surface area contributed by atoms with E-state index in [0.717, 1.165) is 54.8 Å². The number of nitrogens with one attached hydrogen (secondary N) is 2. The van der Waals surface area contributed by atoms with Crippen molar-refractivity contribution < 1.29 is 14.2 Å². The molecule has 0 aromatic heterocycles. The summed E-state index contributed by atoms with van der Waals surface area (Å²) in [5.74, 6) is 3.30. The average molecular weight is 511 g/mol. The molecular weight excluding hydrogens is 481 g/mol. The quantitative estimate of drug-likeness (QED) is 0.323. The van der Waals surface area contributed by atoms with Crippen LogP contribution in [0, 0.1) is 0 Å². The van der Waals surface area contributed by atoms with E-state index in [1.807, 2.05) is 25.1 Å². The van der Waals surface area contributed by atoms with E-state index >= 15 is 0 Å². The van der Waals surface area contributed by atoms with Crippen LogP contribution in [0.1, 0.15) is 23.6 Å². The zero-order valence-corrected chi connectivity index (χ0v) is 19.6. The number of hydrogen-bond donors (Lipinski definition) is 2. The molecule has 1 aliphatic rings. The summed E-state index contributed by atoms with van der Waals surface area (Å²) in [5, 5.41) is 6.71. The summed E-state index contributed by atoms with van der Waals surface area (Å²) < 4.78 is 16.5. The van der Waals surface area contributed by atoms with E-state index in [0.29, 0.717) is 13.2 Å². The lowest BCUT2D eigenvalue weighted by Crippen LogP contribution is -2.37. The number of guanidine groups is 1. The fraction of sp³-hybridized carbons (Fsp3) is 0.409. The summed E-state index contributed by atoms with van der Waals surface area (Å²) in [5.41, 5.74) is 3.72. The van der Waals surface area contributed by atoms with E-state index in [1.54, 1.807) is 14.2 Å². The van der Waals surface area contributed by atoms with Gasteiger partial charge in [0.1, 0.15) is 5.75 Å². The number of aliphatic imine (C=N–C) groups is 1. The molecule has 0 unspecified atom stereocenters. The number of ether oxygens (including phenoxy) is 3. The zero-order valence-electron chi connectivity index (χ0n) is 17.3. The fourth-order valence-electron chi connectivity index (χ4n) is 3.23. The first-order chi connectivity index (χ1) is 13.7. The SMILES string of the molecule is CCOc1cc(CNC(=NC)NCCc2ccc3c(c2)CCO3)ccc1OC.I. The molecule has 2 aromatic rings. The van der Waals surface area contributed by atoms with Crippen LogP contribution in [0.2, 0.25) is 0 Å². The maximum atomic E-state index is 5.64. The summed E-state index contributed by atoms with van der Waals surface area (Å²) in [6, 6.07) is 12.4. The lowest BCUT2D eigenvalue weighted by Gasteiger charge is -2.14. The summed E-state index contributed by atoms with van der Waals surface area (Å²) in [4.78, 5) is 4.30. The van der Waals surface area contributed by atoms with Gasteiger partial charge in [-0.1, -0.05) is 18.2 Å². The van der Waals surface area contributed by atoms with Crippen LogP contribution in [0.5, 0.6) is 17.2 Å². The topological polar surface area (TPSA) is 64.1 Å². The molecule has 0 spiro atoms. The van der Waals surface area contributed by atoms with Crippen molar-refractivity contribution in [3.63, 3.8) is 0 Å². The van der Waals surface area contributed by atoms with Crippen molar-refractivity contribution in [3.05, 3.63) is 53.1 Å². The molecule has 1 aliphatic heterocycles. The van der Waals surface area contributed by atoms with E-state index < -0.39 is 0 Å². The molecule has 0 saturated carbocycles. The molecule has 0 saturated heterocycles. The molecule has 3 rings (SSSR count). The first kappa shape index (κ1) is 23.1. The molecule has 2 N–H and O–H groups in total. The van der Waals surface area contributed by atoms with E-state index in [-0.39, 0.29) is 24.0 Å². The van der Waals surface area contributed by atoms with Gasteiger partial charge in [-0.25, -0.2) is 0 Å². The van der Waals surface area contributed by atoms with Crippen molar-refractivity contribution in [2.24, 2.45) is 4.99 Å². The van der Waals surface area contributed by atoms with Crippen LogP contribution in [0.4, 0.5) is 0 Å². The minimum atomic E-state index is 0. The second-order valence-electron chi connectivity index (χ2n) is 6.56. The Bertz CT molecular complexity index is 827. The molecule has 0 radical (unpaired) electrons. The molecule has 158 valence electrons. The van der Waals surface area contributed by atoms with Crippen molar-refractivity contribution >= 4 is 29.9 Å². The highest BCUT2D eigenvalue weighted by atomic mass is 127. The second kappa shape index (κ2) is 11.7. The standard InChI is InChI=1S/C22H29N3O3.HI/c1-4-27-21-14-17(6-8-20(21)26-3)15-25-22(23-2)24-11-9-16-5-7-19-18(13-16)10-12-28-19;/h5-8,13-14H,4,9-12,15H2,1-3H3,(H2,23,24,25);1H. The Morgan fingerprint density at radius 2 is 1.93 bits per heavy atom. The third-order valence-corrected chi connectivity index (χ3v) is 4.67. The number of halogens is 1. The number of nitrogens with zero attached hydrogens (tertiary/aromatic N) is 1. The van der Waals surface area contributed by atoms with Gasteiger partial charge >= 0.3 is 0 Å². The van der Waals surface area contributed by atoms with Gasteiger partial charge in [0.15, 0.2) is 17.5 Å². The molecule has 0 bridgehead atoms. The zero-order chi connectivity index (χ0) is 19.8. The first-order valence-electron chi connectivity index (χ1n) is 9.72. The average Bonchev–Trinajstić information content (AvgIpc) is 3.19. The van der Waals surface area contributed by atoms with Crippen LogP contribution >= 0.6 is 24.0 Å². The van der Waals surface area contributed by atoms with E-state index in [2.05, 4.69) is 33.8 Å².